The summed E-state index contributed by atoms with van der Waals surface area (Å²) in [5, 5.41) is 0. The number of hydrogen-bond acceptors (Lipinski definition) is 2. The first-order chi connectivity index (χ1) is 6.83. The molecule has 0 bridgehead atoms. The summed E-state index contributed by atoms with van der Waals surface area (Å²) in [6.45, 7) is 3.62. The molecule has 2 heteroatoms. The topological polar surface area (TPSA) is 29.3 Å². The Morgan fingerprint density at radius 2 is 1.93 bits per heavy atom. The highest BCUT2D eigenvalue weighted by molar-refractivity contribution is 4.91. The van der Waals surface area contributed by atoms with E-state index in [1.165, 1.54) is 51.5 Å². The molecule has 3 atom stereocenters. The zero-order valence-electron chi connectivity index (χ0n) is 9.41. The first-order valence-electron chi connectivity index (χ1n) is 6.34. The SMILES string of the molecule is CCC1CCCN1C1CCCCC1N. The maximum Gasteiger partial charge on any atom is 0.0250 e. The lowest BCUT2D eigenvalue weighted by molar-refractivity contribution is 0.122. The lowest BCUT2D eigenvalue weighted by atomic mass is 9.89. The summed E-state index contributed by atoms with van der Waals surface area (Å²) in [6, 6.07) is 2.00. The molecular weight excluding hydrogens is 172 g/mol. The van der Waals surface area contributed by atoms with Gasteiger partial charge in [-0.15, -0.1) is 0 Å². The average molecular weight is 196 g/mol. The smallest absolute Gasteiger partial charge is 0.0250 e. The molecule has 0 aromatic carbocycles. The maximum absolute atomic E-state index is 6.23. The molecule has 82 valence electrons. The molecule has 1 saturated heterocycles. The van der Waals surface area contributed by atoms with Crippen molar-refractivity contribution in [1.29, 1.82) is 0 Å². The van der Waals surface area contributed by atoms with Crippen molar-refractivity contribution in [3.63, 3.8) is 0 Å². The molecule has 1 heterocycles. The van der Waals surface area contributed by atoms with E-state index in [2.05, 4.69) is 11.8 Å². The van der Waals surface area contributed by atoms with Gasteiger partial charge in [-0.2, -0.15) is 0 Å². The van der Waals surface area contributed by atoms with Crippen LogP contribution in [0.2, 0.25) is 0 Å². The van der Waals surface area contributed by atoms with Crippen LogP contribution >= 0.6 is 0 Å². The van der Waals surface area contributed by atoms with Gasteiger partial charge in [0.05, 0.1) is 0 Å². The summed E-state index contributed by atoms with van der Waals surface area (Å²) in [4.78, 5) is 2.71. The molecule has 14 heavy (non-hydrogen) atoms. The Morgan fingerprint density at radius 3 is 2.64 bits per heavy atom. The van der Waals surface area contributed by atoms with Gasteiger partial charge in [-0.05, 0) is 38.6 Å². The predicted molar refractivity (Wildman–Crippen MR) is 60.3 cm³/mol. The molecular formula is C12H24N2. The zero-order chi connectivity index (χ0) is 9.97. The molecule has 2 nitrogen and oxygen atoms in total. The summed E-state index contributed by atoms with van der Waals surface area (Å²) < 4.78 is 0. The average Bonchev–Trinajstić information content (AvgIpc) is 2.66. The highest BCUT2D eigenvalue weighted by atomic mass is 15.2. The molecule has 0 spiro atoms. The van der Waals surface area contributed by atoms with Crippen molar-refractivity contribution in [2.24, 2.45) is 5.73 Å². The second kappa shape index (κ2) is 4.63. The van der Waals surface area contributed by atoms with Crippen molar-refractivity contribution >= 4 is 0 Å². The molecule has 0 aromatic heterocycles. The van der Waals surface area contributed by atoms with Crippen LogP contribution in [0.1, 0.15) is 51.9 Å². The number of hydrogen-bond donors (Lipinski definition) is 1. The highest BCUT2D eigenvalue weighted by Crippen LogP contribution is 2.29. The van der Waals surface area contributed by atoms with Gasteiger partial charge in [-0.25, -0.2) is 0 Å². The van der Waals surface area contributed by atoms with Crippen LogP contribution in [-0.4, -0.2) is 29.6 Å². The third-order valence-electron chi connectivity index (χ3n) is 4.10. The molecule has 1 aliphatic carbocycles. The Bertz CT molecular complexity index is 181. The zero-order valence-corrected chi connectivity index (χ0v) is 9.41. The van der Waals surface area contributed by atoms with Gasteiger partial charge in [0, 0.05) is 18.1 Å². The van der Waals surface area contributed by atoms with Gasteiger partial charge in [0.15, 0.2) is 0 Å². The molecule has 2 N–H and O–H groups in total. The van der Waals surface area contributed by atoms with E-state index in [4.69, 9.17) is 5.73 Å². The molecule has 0 radical (unpaired) electrons. The van der Waals surface area contributed by atoms with Gasteiger partial charge in [0.1, 0.15) is 0 Å². The Kier molecular flexibility index (Phi) is 3.45. The van der Waals surface area contributed by atoms with Crippen molar-refractivity contribution in [3.05, 3.63) is 0 Å². The van der Waals surface area contributed by atoms with Crippen molar-refractivity contribution in [2.45, 2.75) is 70.0 Å². The molecule has 0 amide bonds. The summed E-state index contributed by atoms with van der Waals surface area (Å²) in [5.41, 5.74) is 6.23. The third kappa shape index (κ3) is 1.96. The van der Waals surface area contributed by atoms with E-state index in [1.807, 2.05) is 0 Å². The maximum atomic E-state index is 6.23. The summed E-state index contributed by atoms with van der Waals surface area (Å²) in [7, 11) is 0. The predicted octanol–water partition coefficient (Wildman–Crippen LogP) is 2.13. The van der Waals surface area contributed by atoms with E-state index in [0.717, 1.165) is 6.04 Å². The number of rotatable bonds is 2. The minimum atomic E-state index is 0.455. The Balaban J connectivity index is 1.97. The molecule has 1 saturated carbocycles. The fourth-order valence-electron chi connectivity index (χ4n) is 3.28. The van der Waals surface area contributed by atoms with E-state index in [0.29, 0.717) is 12.1 Å². The number of likely N-dealkylation sites (tertiary alicyclic amines) is 1. The Hall–Kier alpha value is -0.0800. The summed E-state index contributed by atoms with van der Waals surface area (Å²) >= 11 is 0. The number of nitrogens with zero attached hydrogens (tertiary/aromatic N) is 1. The van der Waals surface area contributed by atoms with Gasteiger partial charge < -0.3 is 5.73 Å². The molecule has 2 fully saturated rings. The lowest BCUT2D eigenvalue weighted by Crippen LogP contribution is -2.51. The van der Waals surface area contributed by atoms with E-state index in [1.54, 1.807) is 0 Å². The normalized spacial score (nSPS) is 40.3. The highest BCUT2D eigenvalue weighted by Gasteiger charge is 2.33. The first-order valence-corrected chi connectivity index (χ1v) is 6.34. The quantitative estimate of drug-likeness (QED) is 0.733. The Morgan fingerprint density at radius 1 is 1.14 bits per heavy atom. The van der Waals surface area contributed by atoms with Crippen LogP contribution in [-0.2, 0) is 0 Å². The van der Waals surface area contributed by atoms with Crippen LogP contribution in [0.4, 0.5) is 0 Å². The van der Waals surface area contributed by atoms with Crippen LogP contribution in [0.5, 0.6) is 0 Å². The van der Waals surface area contributed by atoms with E-state index < -0.39 is 0 Å². The molecule has 1 aliphatic heterocycles. The largest absolute Gasteiger partial charge is 0.326 e. The van der Waals surface area contributed by atoms with Crippen molar-refractivity contribution < 1.29 is 0 Å². The first kappa shape index (κ1) is 10.4. The van der Waals surface area contributed by atoms with E-state index in [9.17, 15) is 0 Å². The van der Waals surface area contributed by atoms with Gasteiger partial charge in [-0.1, -0.05) is 19.8 Å². The van der Waals surface area contributed by atoms with Crippen LogP contribution in [0.3, 0.4) is 0 Å². The van der Waals surface area contributed by atoms with Gasteiger partial charge in [0.25, 0.3) is 0 Å². The monoisotopic (exact) mass is 196 g/mol. The van der Waals surface area contributed by atoms with Gasteiger partial charge in [0.2, 0.25) is 0 Å². The van der Waals surface area contributed by atoms with Crippen molar-refractivity contribution in [1.82, 2.24) is 4.90 Å². The molecule has 2 rings (SSSR count). The molecule has 3 unspecified atom stereocenters. The fraction of sp³-hybridized carbons (Fsp3) is 1.00. The Labute approximate surface area is 87.8 Å². The van der Waals surface area contributed by atoms with Crippen LogP contribution in [0.25, 0.3) is 0 Å². The van der Waals surface area contributed by atoms with Gasteiger partial charge in [-0.3, -0.25) is 4.90 Å². The summed E-state index contributed by atoms with van der Waals surface area (Å²) in [6.07, 6.45) is 9.44. The van der Waals surface area contributed by atoms with E-state index in [-0.39, 0.29) is 0 Å². The minimum Gasteiger partial charge on any atom is -0.326 e. The van der Waals surface area contributed by atoms with Crippen LogP contribution < -0.4 is 5.73 Å². The van der Waals surface area contributed by atoms with Crippen molar-refractivity contribution in [2.75, 3.05) is 6.54 Å². The van der Waals surface area contributed by atoms with Crippen LogP contribution in [0, 0.1) is 0 Å². The second-order valence-electron chi connectivity index (χ2n) is 4.96. The number of nitrogens with two attached hydrogens (primary N) is 1. The minimum absolute atomic E-state index is 0.455. The second-order valence-corrected chi connectivity index (χ2v) is 4.96. The van der Waals surface area contributed by atoms with Crippen LogP contribution in [0.15, 0.2) is 0 Å². The van der Waals surface area contributed by atoms with Crippen molar-refractivity contribution in [3.8, 4) is 0 Å². The van der Waals surface area contributed by atoms with Gasteiger partial charge >= 0.3 is 0 Å². The summed E-state index contributed by atoms with van der Waals surface area (Å²) in [5.74, 6) is 0. The third-order valence-corrected chi connectivity index (χ3v) is 4.10. The lowest BCUT2D eigenvalue weighted by Gasteiger charge is -2.39. The molecule has 0 aromatic rings. The van der Waals surface area contributed by atoms with E-state index >= 15 is 0 Å². The standard InChI is InChI=1S/C12H24N2/c1-2-10-6-5-9-14(10)12-8-4-3-7-11(12)13/h10-12H,2-9,13H2,1H3. The fourth-order valence-corrected chi connectivity index (χ4v) is 3.28. The molecule has 2 aliphatic rings.